The Morgan fingerprint density at radius 1 is 0.964 bits per heavy atom. The van der Waals surface area contributed by atoms with Gasteiger partial charge in [-0.1, -0.05) is 0 Å². The highest BCUT2D eigenvalue weighted by molar-refractivity contribution is 6.05. The smallest absolute Gasteiger partial charge is 0.283 e. The lowest BCUT2D eigenvalue weighted by molar-refractivity contribution is 0.0956. The van der Waals surface area contributed by atoms with Crippen molar-refractivity contribution >= 4 is 11.6 Å². The third-order valence-electron chi connectivity index (χ3n) is 4.87. The zero-order valence-electron chi connectivity index (χ0n) is 14.9. The van der Waals surface area contributed by atoms with Crippen molar-refractivity contribution in [2.75, 3.05) is 4.90 Å². The SMILES string of the molecule is O=C(c1nn(-c2ccc(F)cc2)ccc1=O)N(c1ccc(F)cc1)C1CCC1. The van der Waals surface area contributed by atoms with Crippen molar-refractivity contribution in [3.05, 3.63) is 88.3 Å². The quantitative estimate of drug-likeness (QED) is 0.692. The number of hydrogen-bond acceptors (Lipinski definition) is 3. The highest BCUT2D eigenvalue weighted by Crippen LogP contribution is 2.30. The number of rotatable bonds is 4. The van der Waals surface area contributed by atoms with Gasteiger partial charge in [0.1, 0.15) is 11.6 Å². The van der Waals surface area contributed by atoms with E-state index in [1.54, 1.807) is 0 Å². The number of halogens is 2. The van der Waals surface area contributed by atoms with Crippen LogP contribution in [-0.2, 0) is 0 Å². The van der Waals surface area contributed by atoms with Crippen molar-refractivity contribution in [2.24, 2.45) is 0 Å². The summed E-state index contributed by atoms with van der Waals surface area (Å²) in [5, 5.41) is 4.19. The van der Waals surface area contributed by atoms with Gasteiger partial charge in [0, 0.05) is 24.0 Å². The fourth-order valence-electron chi connectivity index (χ4n) is 3.15. The molecule has 0 unspecified atom stereocenters. The average Bonchev–Trinajstić information content (AvgIpc) is 2.66. The van der Waals surface area contributed by atoms with Crippen molar-refractivity contribution in [3.8, 4) is 5.69 Å². The minimum atomic E-state index is -0.530. The molecule has 142 valence electrons. The molecule has 0 atom stereocenters. The van der Waals surface area contributed by atoms with Crippen molar-refractivity contribution in [3.63, 3.8) is 0 Å². The third-order valence-corrected chi connectivity index (χ3v) is 4.87. The summed E-state index contributed by atoms with van der Waals surface area (Å²) < 4.78 is 27.8. The molecule has 0 radical (unpaired) electrons. The largest absolute Gasteiger partial charge is 0.304 e. The van der Waals surface area contributed by atoms with Gasteiger partial charge in [-0.25, -0.2) is 13.5 Å². The Balaban J connectivity index is 1.74. The zero-order chi connectivity index (χ0) is 19.7. The van der Waals surface area contributed by atoms with Gasteiger partial charge in [0.25, 0.3) is 5.91 Å². The second-order valence-corrected chi connectivity index (χ2v) is 6.69. The van der Waals surface area contributed by atoms with Gasteiger partial charge in [0.05, 0.1) is 5.69 Å². The molecule has 7 heteroatoms. The van der Waals surface area contributed by atoms with Crippen LogP contribution in [0, 0.1) is 11.6 Å². The van der Waals surface area contributed by atoms with Crippen LogP contribution >= 0.6 is 0 Å². The van der Waals surface area contributed by atoms with Gasteiger partial charge < -0.3 is 4.90 Å². The molecule has 1 fully saturated rings. The first-order chi connectivity index (χ1) is 13.5. The number of hydrogen-bond donors (Lipinski definition) is 0. The van der Waals surface area contributed by atoms with Gasteiger partial charge in [0.2, 0.25) is 5.43 Å². The highest BCUT2D eigenvalue weighted by atomic mass is 19.1. The van der Waals surface area contributed by atoms with Gasteiger partial charge in [-0.3, -0.25) is 9.59 Å². The molecule has 1 saturated carbocycles. The number of nitrogens with zero attached hydrogens (tertiary/aromatic N) is 3. The predicted octanol–water partition coefficient (Wildman–Crippen LogP) is 3.71. The molecule has 1 amide bonds. The summed E-state index contributed by atoms with van der Waals surface area (Å²) in [6, 6.07) is 12.4. The molecule has 0 saturated heterocycles. The van der Waals surface area contributed by atoms with Gasteiger partial charge in [0.15, 0.2) is 5.69 Å². The monoisotopic (exact) mass is 381 g/mol. The van der Waals surface area contributed by atoms with Crippen LogP contribution in [0.5, 0.6) is 0 Å². The molecule has 0 N–H and O–H groups in total. The molecular formula is C21H17F2N3O2. The van der Waals surface area contributed by atoms with Crippen LogP contribution in [0.4, 0.5) is 14.5 Å². The van der Waals surface area contributed by atoms with Crippen LogP contribution in [-0.4, -0.2) is 21.7 Å². The van der Waals surface area contributed by atoms with Gasteiger partial charge in [-0.2, -0.15) is 5.10 Å². The standard InChI is InChI=1S/C21H17F2N3O2/c22-14-4-8-16(9-5-14)25-13-12-19(27)20(24-25)21(28)26(17-2-1-3-17)18-10-6-15(23)7-11-18/h4-13,17H,1-3H2. The lowest BCUT2D eigenvalue weighted by atomic mass is 9.90. The van der Waals surface area contributed by atoms with E-state index in [1.807, 2.05) is 0 Å². The molecule has 3 aromatic rings. The van der Waals surface area contributed by atoms with E-state index in [-0.39, 0.29) is 11.7 Å². The van der Waals surface area contributed by atoms with Gasteiger partial charge in [-0.05, 0) is 67.8 Å². The number of benzene rings is 2. The van der Waals surface area contributed by atoms with Crippen molar-refractivity contribution < 1.29 is 13.6 Å². The molecule has 1 aromatic heterocycles. The first-order valence-corrected chi connectivity index (χ1v) is 8.98. The van der Waals surface area contributed by atoms with Crippen molar-refractivity contribution in [2.45, 2.75) is 25.3 Å². The zero-order valence-corrected chi connectivity index (χ0v) is 14.9. The maximum Gasteiger partial charge on any atom is 0.283 e. The second-order valence-electron chi connectivity index (χ2n) is 6.69. The molecule has 4 rings (SSSR count). The summed E-state index contributed by atoms with van der Waals surface area (Å²) in [4.78, 5) is 27.1. The predicted molar refractivity (Wildman–Crippen MR) is 101 cm³/mol. The van der Waals surface area contributed by atoms with Gasteiger partial charge >= 0.3 is 0 Å². The van der Waals surface area contributed by atoms with Crippen molar-refractivity contribution in [1.29, 1.82) is 0 Å². The summed E-state index contributed by atoms with van der Waals surface area (Å²) in [6.07, 6.45) is 4.03. The van der Waals surface area contributed by atoms with E-state index in [4.69, 9.17) is 0 Å². The van der Waals surface area contributed by atoms with Crippen LogP contribution < -0.4 is 10.3 Å². The molecule has 1 heterocycles. The van der Waals surface area contributed by atoms with E-state index in [0.29, 0.717) is 11.4 Å². The number of carbonyl (C=O) groups is 1. The normalized spacial score (nSPS) is 13.8. The number of aromatic nitrogens is 2. The van der Waals surface area contributed by atoms with Crippen LogP contribution in [0.1, 0.15) is 29.8 Å². The first-order valence-electron chi connectivity index (χ1n) is 8.98. The van der Waals surface area contributed by atoms with E-state index in [9.17, 15) is 18.4 Å². The maximum absolute atomic E-state index is 13.3. The molecule has 1 aliphatic carbocycles. The summed E-state index contributed by atoms with van der Waals surface area (Å²) in [7, 11) is 0. The number of amides is 1. The second kappa shape index (κ2) is 7.34. The topological polar surface area (TPSA) is 55.2 Å². The Morgan fingerprint density at radius 2 is 1.57 bits per heavy atom. The Labute approximate surface area is 159 Å². The van der Waals surface area contributed by atoms with E-state index >= 15 is 0 Å². The lowest BCUT2D eigenvalue weighted by Crippen LogP contribution is -2.46. The molecule has 1 aliphatic rings. The summed E-state index contributed by atoms with van der Waals surface area (Å²) in [5.41, 5.74) is 0.305. The minimum absolute atomic E-state index is 0.0568. The molecule has 28 heavy (non-hydrogen) atoms. The first kappa shape index (κ1) is 18.0. The Kier molecular flexibility index (Phi) is 4.73. The number of carbonyl (C=O) groups excluding carboxylic acids is 1. The molecule has 5 nitrogen and oxygen atoms in total. The van der Waals surface area contributed by atoms with E-state index in [1.165, 1.54) is 70.4 Å². The van der Waals surface area contributed by atoms with Crippen LogP contribution in [0.3, 0.4) is 0 Å². The summed E-state index contributed by atoms with van der Waals surface area (Å²) >= 11 is 0. The Morgan fingerprint density at radius 3 is 2.14 bits per heavy atom. The maximum atomic E-state index is 13.3. The van der Waals surface area contributed by atoms with Crippen LogP contribution in [0.25, 0.3) is 5.69 Å². The lowest BCUT2D eigenvalue weighted by Gasteiger charge is -2.37. The fourth-order valence-corrected chi connectivity index (χ4v) is 3.15. The van der Waals surface area contributed by atoms with Gasteiger partial charge in [-0.15, -0.1) is 0 Å². The molecule has 2 aromatic carbocycles. The van der Waals surface area contributed by atoms with Crippen LogP contribution in [0.15, 0.2) is 65.6 Å². The summed E-state index contributed by atoms with van der Waals surface area (Å²) in [6.45, 7) is 0. The molecule has 0 spiro atoms. The highest BCUT2D eigenvalue weighted by Gasteiger charge is 2.32. The molecular weight excluding hydrogens is 364 g/mol. The van der Waals surface area contributed by atoms with E-state index in [0.717, 1.165) is 19.3 Å². The Bertz CT molecular complexity index is 1060. The fraction of sp³-hybridized carbons (Fsp3) is 0.190. The van der Waals surface area contributed by atoms with E-state index < -0.39 is 23.0 Å². The molecule has 0 aliphatic heterocycles. The minimum Gasteiger partial charge on any atom is -0.304 e. The number of anilines is 1. The summed E-state index contributed by atoms with van der Waals surface area (Å²) in [5.74, 6) is -1.33. The average molecular weight is 381 g/mol. The molecule has 0 bridgehead atoms. The third kappa shape index (κ3) is 3.43. The Hall–Kier alpha value is -3.35. The van der Waals surface area contributed by atoms with Crippen molar-refractivity contribution in [1.82, 2.24) is 9.78 Å². The van der Waals surface area contributed by atoms with E-state index in [2.05, 4.69) is 5.10 Å². The van der Waals surface area contributed by atoms with Crippen LogP contribution in [0.2, 0.25) is 0 Å².